The summed E-state index contributed by atoms with van der Waals surface area (Å²) in [6.07, 6.45) is 1.64. The van der Waals surface area contributed by atoms with Crippen LogP contribution < -0.4 is 15.8 Å². The molecule has 2 aromatic carbocycles. The van der Waals surface area contributed by atoms with Crippen LogP contribution in [0.1, 0.15) is 29.8 Å². The third-order valence-electron chi connectivity index (χ3n) is 5.61. The summed E-state index contributed by atoms with van der Waals surface area (Å²) < 4.78 is 19.9. The molecule has 1 aromatic heterocycles. The van der Waals surface area contributed by atoms with E-state index in [0.29, 0.717) is 30.0 Å². The lowest BCUT2D eigenvalue weighted by Crippen LogP contribution is -2.55. The van der Waals surface area contributed by atoms with Crippen molar-refractivity contribution in [2.24, 2.45) is 0 Å². The van der Waals surface area contributed by atoms with Crippen LogP contribution in [0.25, 0.3) is 11.1 Å². The standard InChI is InChI=1S/C25H26ClFN4O2/c1-15-12-31(13-16(2)30-15)25(32)18-8-6-17(7-9-18)20-10-22(24(28)29-11-20)33-14-19-4-3-5-21(26)23(19)27/h3-11,15-16,30H,12-14H2,1-2H3,(H2,28,29). The number of carbonyl (C=O) groups is 1. The number of halogens is 2. The van der Waals surface area contributed by atoms with Gasteiger partial charge in [-0.25, -0.2) is 9.37 Å². The average Bonchev–Trinajstić information content (AvgIpc) is 2.80. The molecule has 2 atom stereocenters. The van der Waals surface area contributed by atoms with Crippen LogP contribution in [0.5, 0.6) is 5.75 Å². The Morgan fingerprint density at radius 2 is 1.88 bits per heavy atom. The molecule has 1 aliphatic heterocycles. The van der Waals surface area contributed by atoms with Crippen LogP contribution >= 0.6 is 11.6 Å². The van der Waals surface area contributed by atoms with Gasteiger partial charge in [-0.1, -0.05) is 35.9 Å². The lowest BCUT2D eigenvalue weighted by Gasteiger charge is -2.36. The number of carbonyl (C=O) groups excluding carboxylic acids is 1. The van der Waals surface area contributed by atoms with Crippen LogP contribution in [0, 0.1) is 5.82 Å². The summed E-state index contributed by atoms with van der Waals surface area (Å²) in [5.41, 5.74) is 8.55. The second kappa shape index (κ2) is 9.77. The summed E-state index contributed by atoms with van der Waals surface area (Å²) in [6.45, 7) is 5.49. The maximum Gasteiger partial charge on any atom is 0.253 e. The predicted octanol–water partition coefficient (Wildman–Crippen LogP) is 4.52. The smallest absolute Gasteiger partial charge is 0.253 e. The van der Waals surface area contributed by atoms with Gasteiger partial charge >= 0.3 is 0 Å². The summed E-state index contributed by atoms with van der Waals surface area (Å²) in [4.78, 5) is 19.0. The molecule has 3 N–H and O–H groups in total. The molecule has 1 amide bonds. The quantitative estimate of drug-likeness (QED) is 0.575. The first-order valence-electron chi connectivity index (χ1n) is 10.8. The molecule has 0 saturated carbocycles. The molecular weight excluding hydrogens is 443 g/mol. The van der Waals surface area contributed by atoms with Crippen LogP contribution in [-0.4, -0.2) is 41.0 Å². The third kappa shape index (κ3) is 5.26. The van der Waals surface area contributed by atoms with Gasteiger partial charge in [-0.3, -0.25) is 4.79 Å². The van der Waals surface area contributed by atoms with Crippen molar-refractivity contribution in [3.63, 3.8) is 0 Å². The topological polar surface area (TPSA) is 80.5 Å². The number of benzene rings is 2. The molecule has 0 spiro atoms. The summed E-state index contributed by atoms with van der Waals surface area (Å²) in [7, 11) is 0. The van der Waals surface area contributed by atoms with Gasteiger partial charge in [-0.05, 0) is 43.7 Å². The monoisotopic (exact) mass is 468 g/mol. The van der Waals surface area contributed by atoms with Crippen molar-refractivity contribution in [1.82, 2.24) is 15.2 Å². The number of piperazine rings is 1. The third-order valence-corrected chi connectivity index (χ3v) is 5.90. The van der Waals surface area contributed by atoms with E-state index in [4.69, 9.17) is 22.1 Å². The normalized spacial score (nSPS) is 18.2. The molecule has 4 rings (SSSR count). The first-order chi connectivity index (χ1) is 15.8. The van der Waals surface area contributed by atoms with E-state index in [1.807, 2.05) is 29.2 Å². The molecule has 6 nitrogen and oxygen atoms in total. The first-order valence-corrected chi connectivity index (χ1v) is 11.2. The second-order valence-corrected chi connectivity index (χ2v) is 8.77. The molecule has 172 valence electrons. The average molecular weight is 469 g/mol. The van der Waals surface area contributed by atoms with Crippen molar-refractivity contribution >= 4 is 23.3 Å². The number of hydrogen-bond donors (Lipinski definition) is 2. The van der Waals surface area contributed by atoms with E-state index in [-0.39, 0.29) is 35.4 Å². The fourth-order valence-electron chi connectivity index (χ4n) is 4.02. The van der Waals surface area contributed by atoms with Gasteiger partial charge in [0.05, 0.1) is 5.02 Å². The van der Waals surface area contributed by atoms with Gasteiger partial charge < -0.3 is 20.7 Å². The molecule has 1 aliphatic rings. The van der Waals surface area contributed by atoms with Crippen LogP contribution in [0.15, 0.2) is 54.7 Å². The van der Waals surface area contributed by atoms with E-state index >= 15 is 0 Å². The Labute approximate surface area is 197 Å². The molecule has 8 heteroatoms. The Morgan fingerprint density at radius 3 is 2.58 bits per heavy atom. The van der Waals surface area contributed by atoms with E-state index in [1.54, 1.807) is 24.4 Å². The number of rotatable bonds is 5. The number of pyridine rings is 1. The molecule has 2 heterocycles. The zero-order chi connectivity index (χ0) is 23.5. The van der Waals surface area contributed by atoms with Gasteiger partial charge in [0.1, 0.15) is 12.4 Å². The first kappa shape index (κ1) is 23.0. The van der Waals surface area contributed by atoms with Crippen molar-refractivity contribution < 1.29 is 13.9 Å². The minimum atomic E-state index is -0.518. The molecule has 33 heavy (non-hydrogen) atoms. The Hall–Kier alpha value is -3.16. The SMILES string of the molecule is CC1CN(C(=O)c2ccc(-c3cnc(N)c(OCc4cccc(Cl)c4F)c3)cc2)CC(C)N1. The van der Waals surface area contributed by atoms with Gasteiger partial charge in [0, 0.05) is 48.1 Å². The summed E-state index contributed by atoms with van der Waals surface area (Å²) in [5.74, 6) is 0.0471. The maximum atomic E-state index is 14.1. The number of nitrogens with zero attached hydrogens (tertiary/aromatic N) is 2. The minimum absolute atomic E-state index is 0.0183. The number of aromatic nitrogens is 1. The second-order valence-electron chi connectivity index (χ2n) is 8.37. The van der Waals surface area contributed by atoms with Crippen LogP contribution in [0.2, 0.25) is 5.02 Å². The fourth-order valence-corrected chi connectivity index (χ4v) is 4.22. The van der Waals surface area contributed by atoms with Crippen molar-refractivity contribution in [2.75, 3.05) is 18.8 Å². The number of nitrogen functional groups attached to an aromatic ring is 1. The molecular formula is C25H26ClFN4O2. The fraction of sp³-hybridized carbons (Fsp3) is 0.280. The lowest BCUT2D eigenvalue weighted by molar-refractivity contribution is 0.0674. The van der Waals surface area contributed by atoms with Gasteiger partial charge in [0.15, 0.2) is 11.6 Å². The van der Waals surface area contributed by atoms with Gasteiger partial charge in [0.25, 0.3) is 5.91 Å². The largest absolute Gasteiger partial charge is 0.485 e. The Bertz CT molecular complexity index is 1150. The van der Waals surface area contributed by atoms with Crippen molar-refractivity contribution in [3.8, 4) is 16.9 Å². The zero-order valence-corrected chi connectivity index (χ0v) is 19.3. The number of amides is 1. The number of nitrogens with one attached hydrogen (secondary N) is 1. The Balaban J connectivity index is 1.49. The molecule has 1 fully saturated rings. The Kier molecular flexibility index (Phi) is 6.81. The van der Waals surface area contributed by atoms with Crippen LogP contribution in [0.4, 0.5) is 10.2 Å². The highest BCUT2D eigenvalue weighted by Gasteiger charge is 2.25. The number of hydrogen-bond acceptors (Lipinski definition) is 5. The zero-order valence-electron chi connectivity index (χ0n) is 18.5. The highest BCUT2D eigenvalue weighted by Crippen LogP contribution is 2.29. The molecule has 0 aliphatic carbocycles. The van der Waals surface area contributed by atoms with Crippen LogP contribution in [-0.2, 0) is 6.61 Å². The molecule has 0 radical (unpaired) electrons. The van der Waals surface area contributed by atoms with E-state index in [2.05, 4.69) is 24.1 Å². The van der Waals surface area contributed by atoms with Crippen molar-refractivity contribution in [2.45, 2.75) is 32.5 Å². The van der Waals surface area contributed by atoms with E-state index in [1.165, 1.54) is 6.07 Å². The van der Waals surface area contributed by atoms with Crippen molar-refractivity contribution in [1.29, 1.82) is 0 Å². The maximum absolute atomic E-state index is 14.1. The van der Waals surface area contributed by atoms with Gasteiger partial charge in [0.2, 0.25) is 0 Å². The highest BCUT2D eigenvalue weighted by atomic mass is 35.5. The predicted molar refractivity (Wildman–Crippen MR) is 128 cm³/mol. The number of nitrogens with two attached hydrogens (primary N) is 1. The molecule has 3 aromatic rings. The number of anilines is 1. The molecule has 1 saturated heterocycles. The summed E-state index contributed by atoms with van der Waals surface area (Å²) >= 11 is 5.83. The Morgan fingerprint density at radius 1 is 1.18 bits per heavy atom. The van der Waals surface area contributed by atoms with E-state index < -0.39 is 5.82 Å². The lowest BCUT2D eigenvalue weighted by atomic mass is 10.0. The minimum Gasteiger partial charge on any atom is -0.485 e. The number of ether oxygens (including phenoxy) is 1. The van der Waals surface area contributed by atoms with Gasteiger partial charge in [-0.2, -0.15) is 0 Å². The highest BCUT2D eigenvalue weighted by molar-refractivity contribution is 6.30. The summed E-state index contributed by atoms with van der Waals surface area (Å²) in [6, 6.07) is 14.4. The van der Waals surface area contributed by atoms with E-state index in [9.17, 15) is 9.18 Å². The van der Waals surface area contributed by atoms with Gasteiger partial charge in [-0.15, -0.1) is 0 Å². The molecule has 0 bridgehead atoms. The van der Waals surface area contributed by atoms with Crippen molar-refractivity contribution in [3.05, 3.63) is 76.7 Å². The summed E-state index contributed by atoms with van der Waals surface area (Å²) in [5, 5.41) is 3.47. The van der Waals surface area contributed by atoms with Crippen LogP contribution in [0.3, 0.4) is 0 Å². The molecule has 2 unspecified atom stereocenters. The van der Waals surface area contributed by atoms with E-state index in [0.717, 1.165) is 11.1 Å².